The fraction of sp³-hybridized carbons (Fsp3) is 0.500. The van der Waals surface area contributed by atoms with Crippen LogP contribution in [0.2, 0.25) is 5.02 Å². The molecule has 104 valence electrons. The maximum absolute atomic E-state index is 10.9. The summed E-state index contributed by atoms with van der Waals surface area (Å²) in [4.78, 5) is 10.4. The van der Waals surface area contributed by atoms with Gasteiger partial charge in [-0.15, -0.1) is 0 Å². The zero-order chi connectivity index (χ0) is 13.8. The quantitative estimate of drug-likeness (QED) is 0.677. The highest BCUT2D eigenvalue weighted by atomic mass is 35.5. The van der Waals surface area contributed by atoms with Crippen LogP contribution in [0.25, 0.3) is 0 Å². The molecule has 1 aromatic rings. The first-order chi connectivity index (χ1) is 9.08. The van der Waals surface area contributed by atoms with E-state index in [9.17, 15) is 10.1 Å². The second-order valence-electron chi connectivity index (χ2n) is 4.38. The molecule has 2 atom stereocenters. The molecular formula is C12H15ClN2O4. The van der Waals surface area contributed by atoms with E-state index in [4.69, 9.17) is 21.1 Å². The SMILES string of the molecule is CC1CNCC(COc2c(Cl)cccc2[N+](=O)[O-])O1. The van der Waals surface area contributed by atoms with Crippen molar-refractivity contribution in [3.05, 3.63) is 33.3 Å². The van der Waals surface area contributed by atoms with E-state index in [0.717, 1.165) is 6.54 Å². The van der Waals surface area contributed by atoms with Crippen LogP contribution in [0.1, 0.15) is 6.92 Å². The van der Waals surface area contributed by atoms with E-state index in [0.29, 0.717) is 6.54 Å². The number of nitrogens with one attached hydrogen (secondary N) is 1. The van der Waals surface area contributed by atoms with Crippen molar-refractivity contribution >= 4 is 17.3 Å². The molecule has 1 aliphatic heterocycles. The Morgan fingerprint density at radius 2 is 2.37 bits per heavy atom. The molecule has 1 saturated heterocycles. The second kappa shape index (κ2) is 6.18. The number of halogens is 1. The number of rotatable bonds is 4. The van der Waals surface area contributed by atoms with Gasteiger partial charge in [0.25, 0.3) is 0 Å². The van der Waals surface area contributed by atoms with Gasteiger partial charge in [-0.1, -0.05) is 17.7 Å². The predicted octanol–water partition coefficient (Wildman–Crippen LogP) is 2.00. The summed E-state index contributed by atoms with van der Waals surface area (Å²) in [7, 11) is 0. The van der Waals surface area contributed by atoms with Crippen molar-refractivity contribution in [2.24, 2.45) is 0 Å². The third-order valence-electron chi connectivity index (χ3n) is 2.79. The summed E-state index contributed by atoms with van der Waals surface area (Å²) in [6.07, 6.45) is -0.0387. The standard InChI is InChI=1S/C12H15ClN2O4/c1-8-5-14-6-9(19-8)7-18-12-10(13)3-2-4-11(12)15(16)17/h2-4,8-9,14H,5-7H2,1H3. The Hall–Kier alpha value is -1.37. The lowest BCUT2D eigenvalue weighted by Crippen LogP contribution is -2.45. The zero-order valence-electron chi connectivity index (χ0n) is 10.5. The van der Waals surface area contributed by atoms with Crippen LogP contribution < -0.4 is 10.1 Å². The van der Waals surface area contributed by atoms with Crippen molar-refractivity contribution in [2.75, 3.05) is 19.7 Å². The van der Waals surface area contributed by atoms with Gasteiger partial charge in [0.2, 0.25) is 5.75 Å². The van der Waals surface area contributed by atoms with Crippen LogP contribution in [-0.4, -0.2) is 36.8 Å². The summed E-state index contributed by atoms with van der Waals surface area (Å²) in [5, 5.41) is 14.3. The minimum atomic E-state index is -0.510. The fourth-order valence-corrected chi connectivity index (χ4v) is 2.16. The molecule has 0 saturated carbocycles. The lowest BCUT2D eigenvalue weighted by molar-refractivity contribution is -0.385. The number of para-hydroxylation sites is 1. The molecule has 0 amide bonds. The molecule has 0 bridgehead atoms. The number of nitro benzene ring substituents is 1. The van der Waals surface area contributed by atoms with Crippen LogP contribution in [0, 0.1) is 10.1 Å². The van der Waals surface area contributed by atoms with E-state index < -0.39 is 4.92 Å². The van der Waals surface area contributed by atoms with E-state index in [1.165, 1.54) is 12.1 Å². The van der Waals surface area contributed by atoms with Crippen molar-refractivity contribution < 1.29 is 14.4 Å². The van der Waals surface area contributed by atoms with Gasteiger partial charge in [-0.25, -0.2) is 0 Å². The number of morpholine rings is 1. The molecule has 0 radical (unpaired) electrons. The van der Waals surface area contributed by atoms with Crippen LogP contribution in [0.3, 0.4) is 0 Å². The molecule has 0 spiro atoms. The monoisotopic (exact) mass is 286 g/mol. The van der Waals surface area contributed by atoms with Crippen molar-refractivity contribution in [2.45, 2.75) is 19.1 Å². The Labute approximate surface area is 115 Å². The molecule has 1 N–H and O–H groups in total. The first-order valence-corrected chi connectivity index (χ1v) is 6.37. The lowest BCUT2D eigenvalue weighted by atomic mass is 10.2. The normalized spacial score (nSPS) is 23.1. The molecule has 2 unspecified atom stereocenters. The highest BCUT2D eigenvalue weighted by molar-refractivity contribution is 6.32. The summed E-state index contributed by atoms with van der Waals surface area (Å²) in [6.45, 7) is 3.63. The molecule has 2 rings (SSSR count). The van der Waals surface area contributed by atoms with Gasteiger partial charge < -0.3 is 14.8 Å². The van der Waals surface area contributed by atoms with Crippen LogP contribution in [0.5, 0.6) is 5.75 Å². The third-order valence-corrected chi connectivity index (χ3v) is 3.08. The average molecular weight is 287 g/mol. The highest BCUT2D eigenvalue weighted by Gasteiger charge is 2.23. The Bertz CT molecular complexity index is 469. The molecule has 6 nitrogen and oxygen atoms in total. The van der Waals surface area contributed by atoms with Gasteiger partial charge in [0.15, 0.2) is 0 Å². The number of ether oxygens (including phenoxy) is 2. The molecule has 1 heterocycles. The Morgan fingerprint density at radius 1 is 1.58 bits per heavy atom. The summed E-state index contributed by atoms with van der Waals surface area (Å²) in [5.74, 6) is 0.0935. The number of nitrogens with zero attached hydrogens (tertiary/aromatic N) is 1. The molecule has 0 aromatic heterocycles. The Morgan fingerprint density at radius 3 is 3.05 bits per heavy atom. The van der Waals surface area contributed by atoms with E-state index in [2.05, 4.69) is 5.32 Å². The molecule has 0 aliphatic carbocycles. The second-order valence-corrected chi connectivity index (χ2v) is 4.79. The maximum atomic E-state index is 10.9. The number of nitro groups is 1. The number of hydrogen-bond acceptors (Lipinski definition) is 5. The van der Waals surface area contributed by atoms with Crippen LogP contribution >= 0.6 is 11.6 Å². The maximum Gasteiger partial charge on any atom is 0.312 e. The molecule has 7 heteroatoms. The lowest BCUT2D eigenvalue weighted by Gasteiger charge is -2.28. The first-order valence-electron chi connectivity index (χ1n) is 6.00. The van der Waals surface area contributed by atoms with Crippen LogP contribution in [0.4, 0.5) is 5.69 Å². The molecule has 1 fully saturated rings. The zero-order valence-corrected chi connectivity index (χ0v) is 11.2. The summed E-state index contributed by atoms with van der Waals surface area (Å²) >= 11 is 5.93. The van der Waals surface area contributed by atoms with Crippen molar-refractivity contribution in [3.63, 3.8) is 0 Å². The van der Waals surface area contributed by atoms with E-state index in [1.54, 1.807) is 6.07 Å². The minimum absolute atomic E-state index is 0.0935. The first kappa shape index (κ1) is 14.0. The van der Waals surface area contributed by atoms with Crippen molar-refractivity contribution in [1.29, 1.82) is 0 Å². The van der Waals surface area contributed by atoms with E-state index in [-0.39, 0.29) is 35.3 Å². The van der Waals surface area contributed by atoms with Gasteiger partial charge in [-0.3, -0.25) is 10.1 Å². The Balaban J connectivity index is 2.04. The molecule has 1 aromatic carbocycles. The van der Waals surface area contributed by atoms with Crippen LogP contribution in [0.15, 0.2) is 18.2 Å². The number of hydrogen-bond donors (Lipinski definition) is 1. The van der Waals surface area contributed by atoms with Gasteiger partial charge >= 0.3 is 5.69 Å². The van der Waals surface area contributed by atoms with E-state index >= 15 is 0 Å². The molecular weight excluding hydrogens is 272 g/mol. The highest BCUT2D eigenvalue weighted by Crippen LogP contribution is 2.34. The third kappa shape index (κ3) is 3.56. The number of benzene rings is 1. The van der Waals surface area contributed by atoms with Gasteiger partial charge in [0, 0.05) is 19.2 Å². The predicted molar refractivity (Wildman–Crippen MR) is 70.8 cm³/mol. The van der Waals surface area contributed by atoms with Gasteiger partial charge in [-0.05, 0) is 13.0 Å². The molecule has 19 heavy (non-hydrogen) atoms. The smallest absolute Gasteiger partial charge is 0.312 e. The minimum Gasteiger partial charge on any atom is -0.483 e. The van der Waals surface area contributed by atoms with Crippen molar-refractivity contribution in [3.8, 4) is 5.75 Å². The summed E-state index contributed by atoms with van der Waals surface area (Å²) in [5.41, 5.74) is -0.135. The van der Waals surface area contributed by atoms with Gasteiger partial charge in [0.1, 0.15) is 12.7 Å². The summed E-state index contributed by atoms with van der Waals surface area (Å²) in [6, 6.07) is 4.45. The fourth-order valence-electron chi connectivity index (χ4n) is 1.93. The van der Waals surface area contributed by atoms with Gasteiger partial charge in [0.05, 0.1) is 16.0 Å². The Kier molecular flexibility index (Phi) is 4.57. The average Bonchev–Trinajstić information content (AvgIpc) is 2.37. The largest absolute Gasteiger partial charge is 0.483 e. The summed E-state index contributed by atoms with van der Waals surface area (Å²) < 4.78 is 11.1. The molecule has 1 aliphatic rings. The van der Waals surface area contributed by atoms with E-state index in [1.807, 2.05) is 6.92 Å². The topological polar surface area (TPSA) is 73.6 Å². The van der Waals surface area contributed by atoms with Gasteiger partial charge in [-0.2, -0.15) is 0 Å². The van der Waals surface area contributed by atoms with Crippen molar-refractivity contribution in [1.82, 2.24) is 5.32 Å². The van der Waals surface area contributed by atoms with Crippen LogP contribution in [-0.2, 0) is 4.74 Å².